The molecule has 312 valence electrons. The largest absolute Gasteiger partial charge is 0.357 e. The number of hydrogen-bond donors (Lipinski definition) is 4. The fourth-order valence-corrected chi connectivity index (χ4v) is 9.58. The SMILES string of the molecule is CCC1(CC)c2ccc([nH]2)C=Nc2cccc3cc4cccc(c4cc23)N=Cc2ccc([nH]2)C(C)(C)c2ccc([nH]2)C=Nc2cccc3cc4cccc(c4cc23)N=Cc2ccc1[nH]2. The lowest BCUT2D eigenvalue weighted by atomic mass is 9.76. The van der Waals surface area contributed by atoms with E-state index in [-0.39, 0.29) is 10.8 Å². The third-order valence-electron chi connectivity index (χ3n) is 13.5. The number of nitrogens with one attached hydrogen (secondary N) is 4. The van der Waals surface area contributed by atoms with Crippen molar-refractivity contribution in [3.8, 4) is 0 Å². The quantitative estimate of drug-likeness (QED) is 0.124. The van der Waals surface area contributed by atoms with Crippen molar-refractivity contribution in [2.45, 2.75) is 51.4 Å². The number of nitrogens with zero attached hydrogens (tertiary/aromatic N) is 4. The van der Waals surface area contributed by atoms with Gasteiger partial charge in [-0.2, -0.15) is 0 Å². The molecule has 1 aliphatic heterocycles. The lowest BCUT2D eigenvalue weighted by molar-refractivity contribution is 0.455. The Morgan fingerprint density at radius 1 is 0.359 bits per heavy atom. The summed E-state index contributed by atoms with van der Waals surface area (Å²) in [5, 5.41) is 8.81. The van der Waals surface area contributed by atoms with Crippen LogP contribution in [0.5, 0.6) is 0 Å². The third kappa shape index (κ3) is 6.79. The first-order valence-corrected chi connectivity index (χ1v) is 22.1. The van der Waals surface area contributed by atoms with Crippen molar-refractivity contribution in [2.75, 3.05) is 0 Å². The first kappa shape index (κ1) is 39.0. The summed E-state index contributed by atoms with van der Waals surface area (Å²) in [6.45, 7) is 8.95. The van der Waals surface area contributed by atoms with Gasteiger partial charge in [-0.05, 0) is 145 Å². The van der Waals surface area contributed by atoms with Crippen LogP contribution in [0, 0.1) is 0 Å². The normalized spacial score (nSPS) is 14.7. The maximum Gasteiger partial charge on any atom is 0.0709 e. The molecule has 0 atom stereocenters. The van der Waals surface area contributed by atoms with E-state index in [0.717, 1.165) is 124 Å². The highest BCUT2D eigenvalue weighted by atomic mass is 14.9. The molecule has 4 N–H and O–H groups in total. The number of aromatic amines is 4. The smallest absolute Gasteiger partial charge is 0.0709 e. The number of aromatic nitrogens is 4. The van der Waals surface area contributed by atoms with Crippen LogP contribution in [0.1, 0.15) is 86.1 Å². The highest BCUT2D eigenvalue weighted by molar-refractivity contribution is 6.09. The van der Waals surface area contributed by atoms with Crippen LogP contribution in [0.2, 0.25) is 0 Å². The molecule has 8 nitrogen and oxygen atoms in total. The summed E-state index contributed by atoms with van der Waals surface area (Å²) in [6.07, 6.45) is 9.55. The minimum Gasteiger partial charge on any atom is -0.357 e. The third-order valence-corrected chi connectivity index (χ3v) is 13.5. The van der Waals surface area contributed by atoms with Crippen LogP contribution in [0.4, 0.5) is 22.7 Å². The summed E-state index contributed by atoms with van der Waals surface area (Å²) < 4.78 is 0. The van der Waals surface area contributed by atoms with E-state index in [4.69, 9.17) is 20.0 Å². The van der Waals surface area contributed by atoms with E-state index in [1.165, 1.54) is 0 Å². The molecule has 10 aromatic rings. The summed E-state index contributed by atoms with van der Waals surface area (Å²) in [5.41, 5.74) is 11.2. The van der Waals surface area contributed by atoms with Crippen molar-refractivity contribution < 1.29 is 0 Å². The van der Waals surface area contributed by atoms with Crippen LogP contribution in [0.15, 0.2) is 166 Å². The number of aliphatic imine (C=N–C) groups is 4. The van der Waals surface area contributed by atoms with Crippen molar-refractivity contribution in [3.05, 3.63) is 191 Å². The predicted molar refractivity (Wildman–Crippen MR) is 269 cm³/mol. The van der Waals surface area contributed by atoms with Crippen LogP contribution in [0.3, 0.4) is 0 Å². The van der Waals surface area contributed by atoms with Gasteiger partial charge in [-0.25, -0.2) is 0 Å². The molecule has 0 fully saturated rings. The standard InChI is InChI=1S/C56H48N8/c1-5-56(6-2)53-25-21-41(63-53)33-59-49-17-9-13-37-27-35-11-7-15-47(43(35)29-45(37)49)57-31-39-19-23-51(61-39)55(3,4)52-24-20-40(62-52)32-58-48-16-8-12-36-28-38-14-10-18-50(46(38)30-44(36)48)60-34-42-22-26-54(56)64-42/h7-34,61-64H,5-6H2,1-4H3. The maximum absolute atomic E-state index is 5.08. The number of hydrogen-bond acceptors (Lipinski definition) is 4. The van der Waals surface area contributed by atoms with Crippen LogP contribution in [0.25, 0.3) is 43.1 Å². The molecule has 5 heterocycles. The maximum atomic E-state index is 5.08. The van der Waals surface area contributed by atoms with Crippen molar-refractivity contribution in [2.24, 2.45) is 20.0 Å². The fraction of sp³-hybridized carbons (Fsp3) is 0.143. The van der Waals surface area contributed by atoms with Crippen molar-refractivity contribution in [3.63, 3.8) is 0 Å². The predicted octanol–water partition coefficient (Wildman–Crippen LogP) is 14.4. The first-order chi connectivity index (χ1) is 31.3. The molecule has 0 saturated carbocycles. The Morgan fingerprint density at radius 3 is 0.969 bits per heavy atom. The molecule has 0 unspecified atom stereocenters. The van der Waals surface area contributed by atoms with Gasteiger partial charge in [0.1, 0.15) is 0 Å². The number of rotatable bonds is 2. The fourth-order valence-electron chi connectivity index (χ4n) is 9.58. The second-order valence-corrected chi connectivity index (χ2v) is 17.5. The molecule has 4 aromatic heterocycles. The van der Waals surface area contributed by atoms with Crippen LogP contribution in [-0.4, -0.2) is 44.8 Å². The molecule has 0 saturated heterocycles. The van der Waals surface area contributed by atoms with Crippen molar-refractivity contribution in [1.29, 1.82) is 0 Å². The van der Waals surface area contributed by atoms with Gasteiger partial charge in [0.25, 0.3) is 0 Å². The monoisotopic (exact) mass is 832 g/mol. The summed E-state index contributed by atoms with van der Waals surface area (Å²) in [5.74, 6) is 0. The van der Waals surface area contributed by atoms with E-state index in [9.17, 15) is 0 Å². The van der Waals surface area contributed by atoms with Gasteiger partial charge in [0.2, 0.25) is 0 Å². The highest BCUT2D eigenvalue weighted by Crippen LogP contribution is 2.40. The summed E-state index contributed by atoms with van der Waals surface area (Å²) >= 11 is 0. The van der Waals surface area contributed by atoms with E-state index in [1.807, 2.05) is 24.9 Å². The molecule has 6 aromatic carbocycles. The van der Waals surface area contributed by atoms with E-state index < -0.39 is 0 Å². The average molecular weight is 833 g/mol. The molecular formula is C56H48N8. The Bertz CT molecular complexity index is 3290. The second kappa shape index (κ2) is 15.5. The molecule has 11 rings (SSSR count). The van der Waals surface area contributed by atoms with Gasteiger partial charge in [0, 0.05) is 55.2 Å². The van der Waals surface area contributed by atoms with Crippen LogP contribution < -0.4 is 0 Å². The summed E-state index contributed by atoms with van der Waals surface area (Å²) in [6, 6.07) is 51.3. The number of benzene rings is 6. The van der Waals surface area contributed by atoms with Crippen LogP contribution >= 0.6 is 0 Å². The topological polar surface area (TPSA) is 113 Å². The van der Waals surface area contributed by atoms with Crippen molar-refractivity contribution >= 4 is 90.7 Å². The Morgan fingerprint density at radius 2 is 0.656 bits per heavy atom. The Labute approximate surface area is 371 Å². The zero-order valence-corrected chi connectivity index (χ0v) is 36.4. The zero-order chi connectivity index (χ0) is 43.4. The van der Waals surface area contributed by atoms with Gasteiger partial charge >= 0.3 is 0 Å². The minimum absolute atomic E-state index is 0.249. The molecular weight excluding hydrogens is 785 g/mol. The Balaban J connectivity index is 1.04. The average Bonchev–Trinajstić information content (AvgIpc) is 4.17. The molecule has 12 bridgehead atoms. The second-order valence-electron chi connectivity index (χ2n) is 17.5. The van der Waals surface area contributed by atoms with E-state index in [0.29, 0.717) is 0 Å². The molecule has 0 spiro atoms. The number of fused-ring (bicyclic) bond motifs is 8. The van der Waals surface area contributed by atoms with Gasteiger partial charge in [-0.1, -0.05) is 62.4 Å². The first-order valence-electron chi connectivity index (χ1n) is 22.1. The zero-order valence-electron chi connectivity index (χ0n) is 36.4. The number of H-pyrrole nitrogens is 4. The van der Waals surface area contributed by atoms with Gasteiger partial charge in [0.15, 0.2) is 0 Å². The van der Waals surface area contributed by atoms with Gasteiger partial charge in [0.05, 0.1) is 70.4 Å². The molecule has 0 amide bonds. The van der Waals surface area contributed by atoms with Gasteiger partial charge in [-0.3, -0.25) is 20.0 Å². The minimum atomic E-state index is -0.333. The van der Waals surface area contributed by atoms with E-state index in [1.54, 1.807) is 0 Å². The Kier molecular flexibility index (Phi) is 9.46. The molecule has 64 heavy (non-hydrogen) atoms. The van der Waals surface area contributed by atoms with E-state index >= 15 is 0 Å². The van der Waals surface area contributed by atoms with Gasteiger partial charge < -0.3 is 19.9 Å². The Hall–Kier alpha value is -7.84. The van der Waals surface area contributed by atoms with Crippen LogP contribution in [-0.2, 0) is 10.8 Å². The summed E-state index contributed by atoms with van der Waals surface area (Å²) in [4.78, 5) is 35.0. The molecule has 1 aliphatic rings. The highest BCUT2D eigenvalue weighted by Gasteiger charge is 2.33. The molecule has 8 heteroatoms. The van der Waals surface area contributed by atoms with E-state index in [2.05, 4.69) is 193 Å². The van der Waals surface area contributed by atoms with Gasteiger partial charge in [-0.15, -0.1) is 0 Å². The van der Waals surface area contributed by atoms with Crippen molar-refractivity contribution in [1.82, 2.24) is 19.9 Å². The summed E-state index contributed by atoms with van der Waals surface area (Å²) in [7, 11) is 0. The lowest BCUT2D eigenvalue weighted by Crippen LogP contribution is -2.27. The molecule has 0 radical (unpaired) electrons. The lowest BCUT2D eigenvalue weighted by Gasteiger charge is -2.30. The molecule has 0 aliphatic carbocycles.